The number of aliphatic hydroxyl groups is 1. The second-order valence-electron chi connectivity index (χ2n) is 13.9. The molecule has 8 nitrogen and oxygen atoms in total. The van der Waals surface area contributed by atoms with Gasteiger partial charge in [0.25, 0.3) is 0 Å². The summed E-state index contributed by atoms with van der Waals surface area (Å²) >= 11 is 0. The summed E-state index contributed by atoms with van der Waals surface area (Å²) in [4.78, 5) is 33.7. The maximum Gasteiger partial charge on any atom is 0.340 e. The summed E-state index contributed by atoms with van der Waals surface area (Å²) in [5.74, 6) is -1.57. The van der Waals surface area contributed by atoms with E-state index in [1.807, 2.05) is 40.7 Å². The quantitative estimate of drug-likeness (QED) is 0.117. The number of fused-ring (bicyclic) bond motifs is 5. The number of carbonyl (C=O) groups is 2. The van der Waals surface area contributed by atoms with Crippen molar-refractivity contribution in [3.63, 3.8) is 0 Å². The molecule has 0 aromatic carbocycles. The molecule has 0 aromatic rings. The third-order valence-electron chi connectivity index (χ3n) is 10.7. The number of carbonyl (C=O) groups excluding carboxylic acids is 2. The van der Waals surface area contributed by atoms with Gasteiger partial charge in [0.1, 0.15) is 18.0 Å². The number of Topliss-reactive ketones (excluding diaryl/α,β-unsaturated/α-hetero) is 1. The zero-order valence-corrected chi connectivity index (χ0v) is 25.4. The minimum Gasteiger partial charge on any atom is -0.451 e. The third-order valence-corrected chi connectivity index (χ3v) is 10.7. The van der Waals surface area contributed by atoms with E-state index in [0.29, 0.717) is 43.3 Å². The van der Waals surface area contributed by atoms with E-state index >= 15 is 0 Å². The number of ether oxygens (including phenoxy) is 3. The third kappa shape index (κ3) is 4.07. The van der Waals surface area contributed by atoms with Gasteiger partial charge >= 0.3 is 5.97 Å². The lowest BCUT2D eigenvalue weighted by atomic mass is 9.59. The molecule has 2 bridgehead atoms. The lowest BCUT2D eigenvalue weighted by Crippen LogP contribution is -2.69. The van der Waals surface area contributed by atoms with Gasteiger partial charge < -0.3 is 24.2 Å². The van der Waals surface area contributed by atoms with Crippen LogP contribution in [0, 0.1) is 40.4 Å². The Morgan fingerprint density at radius 1 is 1.23 bits per heavy atom. The number of esters is 1. The summed E-state index contributed by atoms with van der Waals surface area (Å²) < 4.78 is 18.8. The molecule has 3 saturated carbocycles. The summed E-state index contributed by atoms with van der Waals surface area (Å²) in [6.07, 6.45) is 2.69. The standard InChI is InChI=1S/C32H47NO7/c1-10-12-38-33-23(11-2)19(5)28(35)39-26-17(3)15-31-18(4)13-22-24(29(22,6)7)21(25(31)34)14-20-16-37-30(8,9)40-27(20)32(26,31)36/h15,18,20-22,24,26-27,36H,5,10-14,16H2,1-4,6-9H3. The molecular formula is C32H47NO7. The van der Waals surface area contributed by atoms with Crippen LogP contribution in [0.4, 0.5) is 0 Å². The van der Waals surface area contributed by atoms with Crippen molar-refractivity contribution >= 4 is 17.5 Å². The zero-order chi connectivity index (χ0) is 29.4. The van der Waals surface area contributed by atoms with Crippen molar-refractivity contribution in [3.05, 3.63) is 23.8 Å². The van der Waals surface area contributed by atoms with Crippen LogP contribution in [0.15, 0.2) is 29.0 Å². The Kier molecular flexibility index (Phi) is 7.20. The Morgan fingerprint density at radius 2 is 1.93 bits per heavy atom. The first-order valence-corrected chi connectivity index (χ1v) is 15.0. The van der Waals surface area contributed by atoms with Gasteiger partial charge in [-0.15, -0.1) is 0 Å². The van der Waals surface area contributed by atoms with Crippen LogP contribution in [0.25, 0.3) is 0 Å². The van der Waals surface area contributed by atoms with Crippen LogP contribution in [-0.2, 0) is 28.6 Å². The van der Waals surface area contributed by atoms with E-state index in [2.05, 4.69) is 32.5 Å². The van der Waals surface area contributed by atoms with Crippen LogP contribution in [0.5, 0.6) is 0 Å². The molecule has 0 radical (unpaired) electrons. The molecule has 8 heteroatoms. The van der Waals surface area contributed by atoms with E-state index in [0.717, 1.165) is 12.8 Å². The van der Waals surface area contributed by atoms with Crippen LogP contribution in [0.1, 0.15) is 81.1 Å². The summed E-state index contributed by atoms with van der Waals surface area (Å²) in [5.41, 5.74) is -1.84. The maximum atomic E-state index is 14.8. The number of rotatable bonds is 7. The average molecular weight is 558 g/mol. The number of hydrogen-bond acceptors (Lipinski definition) is 8. The fourth-order valence-electron chi connectivity index (χ4n) is 8.70. The van der Waals surface area contributed by atoms with E-state index in [9.17, 15) is 14.7 Å². The lowest BCUT2D eigenvalue weighted by Gasteiger charge is -2.53. The SMILES string of the molecule is C=C(C(=O)OC1C(C)=CC23C(=O)C(CC4COC(C)(C)OC4C12O)C1C(CC3C)C1(C)C)C(CC)=NOCCC. The number of nitrogens with zero attached hydrogens (tertiary/aromatic N) is 1. The Morgan fingerprint density at radius 3 is 2.58 bits per heavy atom. The van der Waals surface area contributed by atoms with Crippen molar-refractivity contribution in [2.75, 3.05) is 13.2 Å². The Hall–Kier alpha value is -2.03. The second kappa shape index (κ2) is 9.77. The van der Waals surface area contributed by atoms with Crippen LogP contribution in [0.2, 0.25) is 0 Å². The Bertz CT molecular complexity index is 1150. The summed E-state index contributed by atoms with van der Waals surface area (Å²) in [6.45, 7) is 20.7. The molecule has 5 aliphatic rings. The maximum absolute atomic E-state index is 14.8. The van der Waals surface area contributed by atoms with E-state index < -0.39 is 35.0 Å². The predicted molar refractivity (Wildman–Crippen MR) is 150 cm³/mol. The monoisotopic (exact) mass is 557 g/mol. The zero-order valence-electron chi connectivity index (χ0n) is 25.4. The van der Waals surface area contributed by atoms with Crippen molar-refractivity contribution in [2.24, 2.45) is 45.6 Å². The lowest BCUT2D eigenvalue weighted by molar-refractivity contribution is -0.341. The smallest absolute Gasteiger partial charge is 0.340 e. The summed E-state index contributed by atoms with van der Waals surface area (Å²) in [5, 5.41) is 17.2. The van der Waals surface area contributed by atoms with Gasteiger partial charge in [-0.2, -0.15) is 0 Å². The highest BCUT2D eigenvalue weighted by Gasteiger charge is 2.78. The molecule has 4 fully saturated rings. The molecule has 1 saturated heterocycles. The number of oxime groups is 1. The normalized spacial score (nSPS) is 42.8. The van der Waals surface area contributed by atoms with Crippen LogP contribution < -0.4 is 0 Å². The molecule has 0 aromatic heterocycles. The average Bonchev–Trinajstić information content (AvgIpc) is 3.38. The highest BCUT2D eigenvalue weighted by molar-refractivity contribution is 6.19. The van der Waals surface area contributed by atoms with Gasteiger partial charge in [0, 0.05) is 11.8 Å². The Balaban J connectivity index is 1.58. The summed E-state index contributed by atoms with van der Waals surface area (Å²) in [7, 11) is 0. The molecule has 40 heavy (non-hydrogen) atoms. The number of ketones is 1. The van der Waals surface area contributed by atoms with Gasteiger partial charge in [0.15, 0.2) is 11.9 Å². The Labute approximate surface area is 238 Å². The van der Waals surface area contributed by atoms with E-state index in [-0.39, 0.29) is 40.4 Å². The minimum atomic E-state index is -1.80. The first-order valence-electron chi connectivity index (χ1n) is 15.0. The summed E-state index contributed by atoms with van der Waals surface area (Å²) in [6, 6.07) is 0. The number of hydrogen-bond donors (Lipinski definition) is 1. The van der Waals surface area contributed by atoms with Gasteiger partial charge in [-0.1, -0.05) is 52.4 Å². The van der Waals surface area contributed by atoms with Gasteiger partial charge in [0.2, 0.25) is 0 Å². The molecule has 9 unspecified atom stereocenters. The van der Waals surface area contributed by atoms with Crippen molar-refractivity contribution in [2.45, 2.75) is 105 Å². The van der Waals surface area contributed by atoms with Gasteiger partial charge in [0.05, 0.1) is 29.4 Å². The molecule has 1 aliphatic heterocycles. The topological polar surface area (TPSA) is 104 Å². The molecule has 222 valence electrons. The minimum absolute atomic E-state index is 0.0527. The van der Waals surface area contributed by atoms with Crippen LogP contribution in [0.3, 0.4) is 0 Å². The van der Waals surface area contributed by atoms with Crippen molar-refractivity contribution in [1.29, 1.82) is 0 Å². The fourth-order valence-corrected chi connectivity index (χ4v) is 8.70. The van der Waals surface area contributed by atoms with Gasteiger partial charge in [-0.05, 0) is 75.2 Å². The molecule has 1 heterocycles. The second-order valence-corrected chi connectivity index (χ2v) is 13.9. The highest BCUT2D eigenvalue weighted by Crippen LogP contribution is 2.73. The first-order chi connectivity index (χ1) is 18.7. The van der Waals surface area contributed by atoms with Crippen molar-refractivity contribution < 1.29 is 33.7 Å². The van der Waals surface area contributed by atoms with Crippen LogP contribution >= 0.6 is 0 Å². The molecule has 5 rings (SSSR count). The molecule has 9 atom stereocenters. The molecule has 1 spiro atoms. The van der Waals surface area contributed by atoms with Crippen molar-refractivity contribution in [1.82, 2.24) is 0 Å². The largest absolute Gasteiger partial charge is 0.451 e. The van der Waals surface area contributed by atoms with Crippen molar-refractivity contribution in [3.8, 4) is 0 Å². The van der Waals surface area contributed by atoms with Crippen LogP contribution in [-0.4, -0.2) is 59.4 Å². The van der Waals surface area contributed by atoms with E-state index in [4.69, 9.17) is 19.0 Å². The molecule has 0 amide bonds. The molecule has 1 N–H and O–H groups in total. The predicted octanol–water partition coefficient (Wildman–Crippen LogP) is 4.99. The molecule has 4 aliphatic carbocycles. The van der Waals surface area contributed by atoms with Gasteiger partial charge in [-0.25, -0.2) is 4.79 Å². The molecular weight excluding hydrogens is 510 g/mol. The first kappa shape index (κ1) is 29.5. The highest BCUT2D eigenvalue weighted by atomic mass is 16.7. The van der Waals surface area contributed by atoms with E-state index in [1.165, 1.54) is 0 Å². The fraction of sp³-hybridized carbons (Fsp3) is 0.781. The van der Waals surface area contributed by atoms with E-state index in [1.54, 1.807) is 0 Å². The van der Waals surface area contributed by atoms with Gasteiger partial charge in [-0.3, -0.25) is 4.79 Å².